The highest BCUT2D eigenvalue weighted by molar-refractivity contribution is 6.30. The van der Waals surface area contributed by atoms with Crippen LogP contribution in [0, 0.1) is 6.92 Å². The number of rotatable bonds is 3. The van der Waals surface area contributed by atoms with Crippen LogP contribution in [-0.2, 0) is 0 Å². The molecule has 0 aliphatic heterocycles. The number of aliphatic hydroxyl groups is 1. The van der Waals surface area contributed by atoms with Crippen molar-refractivity contribution >= 4 is 11.6 Å². The lowest BCUT2D eigenvalue weighted by atomic mass is 10.0. The molecule has 0 amide bonds. The Hall–Kier alpha value is -2.10. The number of aliphatic hydroxyl groups excluding tert-OH is 1. The van der Waals surface area contributed by atoms with Gasteiger partial charge in [-0.25, -0.2) is 4.68 Å². The Morgan fingerprint density at radius 1 is 1.10 bits per heavy atom. The minimum absolute atomic E-state index is 0.625. The fourth-order valence-corrected chi connectivity index (χ4v) is 2.61. The molecule has 1 aromatic heterocycles. The van der Waals surface area contributed by atoms with E-state index in [1.165, 1.54) is 0 Å². The van der Waals surface area contributed by atoms with E-state index in [4.69, 9.17) is 11.6 Å². The SMILES string of the molecule is Cc1cc(Cl)cc(C(O)c2cnn(-c3ccccc3)c2)c1. The van der Waals surface area contributed by atoms with Crippen LogP contribution < -0.4 is 0 Å². The van der Waals surface area contributed by atoms with Gasteiger partial charge in [0.25, 0.3) is 0 Å². The molecule has 1 N–H and O–H groups in total. The third-order valence-corrected chi connectivity index (χ3v) is 3.54. The number of halogens is 1. The molecule has 1 heterocycles. The van der Waals surface area contributed by atoms with Gasteiger partial charge in [0.15, 0.2) is 0 Å². The van der Waals surface area contributed by atoms with E-state index in [1.54, 1.807) is 16.9 Å². The van der Waals surface area contributed by atoms with Crippen LogP contribution in [0.3, 0.4) is 0 Å². The lowest BCUT2D eigenvalue weighted by Crippen LogP contribution is -1.99. The Kier molecular flexibility index (Phi) is 3.78. The predicted octanol–water partition coefficient (Wildman–Crippen LogP) is 3.92. The van der Waals surface area contributed by atoms with Crippen molar-refractivity contribution in [1.82, 2.24) is 9.78 Å². The summed E-state index contributed by atoms with van der Waals surface area (Å²) in [6.45, 7) is 1.95. The molecule has 0 aliphatic carbocycles. The van der Waals surface area contributed by atoms with Gasteiger partial charge in [-0.2, -0.15) is 5.10 Å². The smallest absolute Gasteiger partial charge is 0.107 e. The number of hydrogen-bond acceptors (Lipinski definition) is 2. The van der Waals surface area contributed by atoms with Crippen molar-refractivity contribution in [2.45, 2.75) is 13.0 Å². The Labute approximate surface area is 128 Å². The van der Waals surface area contributed by atoms with E-state index < -0.39 is 6.10 Å². The standard InChI is InChI=1S/C17H15ClN2O/c1-12-7-13(9-15(18)8-12)17(21)14-10-19-20(11-14)16-5-3-2-4-6-16/h2-11,17,21H,1H3. The van der Waals surface area contributed by atoms with Crippen LogP contribution in [0.25, 0.3) is 5.69 Å². The molecule has 2 aromatic carbocycles. The van der Waals surface area contributed by atoms with Gasteiger partial charge in [0.1, 0.15) is 6.10 Å². The third-order valence-electron chi connectivity index (χ3n) is 3.32. The number of aromatic nitrogens is 2. The van der Waals surface area contributed by atoms with Crippen LogP contribution in [-0.4, -0.2) is 14.9 Å². The second-order valence-electron chi connectivity index (χ2n) is 5.02. The summed E-state index contributed by atoms with van der Waals surface area (Å²) < 4.78 is 1.75. The van der Waals surface area contributed by atoms with Crippen LogP contribution in [0.2, 0.25) is 5.02 Å². The molecular weight excluding hydrogens is 284 g/mol. The second-order valence-corrected chi connectivity index (χ2v) is 5.45. The summed E-state index contributed by atoms with van der Waals surface area (Å²) in [7, 11) is 0. The van der Waals surface area contributed by atoms with Crippen molar-refractivity contribution in [3.63, 3.8) is 0 Å². The van der Waals surface area contributed by atoms with Crippen molar-refractivity contribution in [2.75, 3.05) is 0 Å². The van der Waals surface area contributed by atoms with Gasteiger partial charge < -0.3 is 5.11 Å². The van der Waals surface area contributed by atoms with Crippen LogP contribution >= 0.6 is 11.6 Å². The van der Waals surface area contributed by atoms with E-state index in [1.807, 2.05) is 55.6 Å². The first kappa shape index (κ1) is 13.9. The lowest BCUT2D eigenvalue weighted by Gasteiger charge is -2.10. The predicted molar refractivity (Wildman–Crippen MR) is 83.8 cm³/mol. The molecule has 3 nitrogen and oxygen atoms in total. The van der Waals surface area contributed by atoms with Gasteiger partial charge in [-0.3, -0.25) is 0 Å². The Morgan fingerprint density at radius 2 is 1.86 bits per heavy atom. The monoisotopic (exact) mass is 298 g/mol. The first-order chi connectivity index (χ1) is 10.1. The molecule has 0 saturated carbocycles. The van der Waals surface area contributed by atoms with E-state index in [-0.39, 0.29) is 0 Å². The Morgan fingerprint density at radius 3 is 2.57 bits per heavy atom. The molecular formula is C17H15ClN2O. The van der Waals surface area contributed by atoms with Gasteiger partial charge in [0, 0.05) is 16.8 Å². The first-order valence-electron chi connectivity index (χ1n) is 6.68. The summed E-state index contributed by atoms with van der Waals surface area (Å²) in [5.74, 6) is 0. The van der Waals surface area contributed by atoms with E-state index in [0.29, 0.717) is 5.02 Å². The molecule has 1 atom stereocenters. The number of aryl methyl sites for hydroxylation is 1. The van der Waals surface area contributed by atoms with Crippen LogP contribution in [0.1, 0.15) is 22.8 Å². The maximum absolute atomic E-state index is 10.5. The average molecular weight is 299 g/mol. The van der Waals surface area contributed by atoms with Crippen molar-refractivity contribution in [2.24, 2.45) is 0 Å². The summed E-state index contributed by atoms with van der Waals surface area (Å²) in [5, 5.41) is 15.4. The number of nitrogens with zero attached hydrogens (tertiary/aromatic N) is 2. The fourth-order valence-electron chi connectivity index (χ4n) is 2.31. The summed E-state index contributed by atoms with van der Waals surface area (Å²) in [6, 6.07) is 15.4. The van der Waals surface area contributed by atoms with E-state index in [9.17, 15) is 5.11 Å². The molecule has 0 saturated heterocycles. The molecule has 4 heteroatoms. The van der Waals surface area contributed by atoms with Crippen molar-refractivity contribution in [3.8, 4) is 5.69 Å². The van der Waals surface area contributed by atoms with Crippen molar-refractivity contribution < 1.29 is 5.11 Å². The summed E-state index contributed by atoms with van der Waals surface area (Å²) in [6.07, 6.45) is 2.77. The summed E-state index contributed by atoms with van der Waals surface area (Å²) in [5.41, 5.74) is 3.48. The number of hydrogen-bond donors (Lipinski definition) is 1. The van der Waals surface area contributed by atoms with E-state index in [0.717, 1.165) is 22.4 Å². The quantitative estimate of drug-likeness (QED) is 0.796. The Balaban J connectivity index is 1.92. The van der Waals surface area contributed by atoms with Gasteiger partial charge in [-0.1, -0.05) is 35.9 Å². The highest BCUT2D eigenvalue weighted by atomic mass is 35.5. The molecule has 106 valence electrons. The van der Waals surface area contributed by atoms with Crippen molar-refractivity contribution in [1.29, 1.82) is 0 Å². The zero-order valence-corrected chi connectivity index (χ0v) is 12.3. The van der Waals surface area contributed by atoms with Crippen LogP contribution in [0.4, 0.5) is 0 Å². The largest absolute Gasteiger partial charge is 0.384 e. The zero-order chi connectivity index (χ0) is 14.8. The second kappa shape index (κ2) is 5.72. The molecule has 3 aromatic rings. The van der Waals surface area contributed by atoms with E-state index >= 15 is 0 Å². The normalized spacial score (nSPS) is 12.3. The van der Waals surface area contributed by atoms with Crippen molar-refractivity contribution in [3.05, 3.63) is 82.6 Å². The highest BCUT2D eigenvalue weighted by Gasteiger charge is 2.14. The topological polar surface area (TPSA) is 38.1 Å². The minimum atomic E-state index is -0.736. The first-order valence-corrected chi connectivity index (χ1v) is 7.06. The lowest BCUT2D eigenvalue weighted by molar-refractivity contribution is 0.220. The minimum Gasteiger partial charge on any atom is -0.384 e. The third kappa shape index (κ3) is 2.99. The van der Waals surface area contributed by atoms with E-state index in [2.05, 4.69) is 5.10 Å². The van der Waals surface area contributed by atoms with Crippen LogP contribution in [0.5, 0.6) is 0 Å². The molecule has 0 radical (unpaired) electrons. The fraction of sp³-hybridized carbons (Fsp3) is 0.118. The van der Waals surface area contributed by atoms with Gasteiger partial charge in [-0.15, -0.1) is 0 Å². The highest BCUT2D eigenvalue weighted by Crippen LogP contribution is 2.26. The summed E-state index contributed by atoms with van der Waals surface area (Å²) in [4.78, 5) is 0. The van der Waals surface area contributed by atoms with Gasteiger partial charge in [0.05, 0.1) is 11.9 Å². The number of para-hydroxylation sites is 1. The summed E-state index contributed by atoms with van der Waals surface area (Å²) >= 11 is 6.05. The van der Waals surface area contributed by atoms with Gasteiger partial charge in [-0.05, 0) is 42.3 Å². The van der Waals surface area contributed by atoms with Gasteiger partial charge >= 0.3 is 0 Å². The molecule has 0 spiro atoms. The molecule has 0 bridgehead atoms. The molecule has 21 heavy (non-hydrogen) atoms. The molecule has 0 aliphatic rings. The van der Waals surface area contributed by atoms with Gasteiger partial charge in [0.2, 0.25) is 0 Å². The maximum atomic E-state index is 10.5. The maximum Gasteiger partial charge on any atom is 0.107 e. The Bertz CT molecular complexity index is 732. The average Bonchev–Trinajstić information content (AvgIpc) is 2.96. The molecule has 0 fully saturated rings. The molecule has 3 rings (SSSR count). The number of benzene rings is 2. The zero-order valence-electron chi connectivity index (χ0n) is 11.6. The van der Waals surface area contributed by atoms with Crippen LogP contribution in [0.15, 0.2) is 60.9 Å². The molecule has 1 unspecified atom stereocenters.